The normalized spacial score (nSPS) is 18.6. The number of nitrogens with zero attached hydrogens (tertiary/aromatic N) is 2. The van der Waals surface area contributed by atoms with Crippen LogP contribution in [-0.4, -0.2) is 68.1 Å². The fraction of sp³-hybridized carbons (Fsp3) is 0.917. The Hall–Kier alpha value is -0.650. The van der Waals surface area contributed by atoms with Crippen LogP contribution >= 0.6 is 0 Å². The van der Waals surface area contributed by atoms with Gasteiger partial charge in [0.25, 0.3) is 0 Å². The average molecular weight is 242 g/mol. The summed E-state index contributed by atoms with van der Waals surface area (Å²) in [6, 6.07) is 0. The van der Waals surface area contributed by atoms with Crippen molar-refractivity contribution in [3.05, 3.63) is 0 Å². The van der Waals surface area contributed by atoms with Crippen LogP contribution in [0.3, 0.4) is 0 Å². The van der Waals surface area contributed by atoms with Crippen LogP contribution < -0.4 is 11.1 Å². The first kappa shape index (κ1) is 14.4. The van der Waals surface area contributed by atoms with E-state index in [2.05, 4.69) is 29.0 Å². The SMILES string of the molecule is CC(C)CNC(=O)CN1CCN(CCN)CC1. The van der Waals surface area contributed by atoms with Gasteiger partial charge in [0, 0.05) is 45.8 Å². The molecular weight excluding hydrogens is 216 g/mol. The van der Waals surface area contributed by atoms with Crippen molar-refractivity contribution in [2.24, 2.45) is 11.7 Å². The second kappa shape index (κ2) is 7.63. The van der Waals surface area contributed by atoms with Gasteiger partial charge in [0.2, 0.25) is 5.91 Å². The number of carbonyl (C=O) groups excluding carboxylic acids is 1. The van der Waals surface area contributed by atoms with Gasteiger partial charge < -0.3 is 11.1 Å². The highest BCUT2D eigenvalue weighted by molar-refractivity contribution is 5.78. The molecule has 0 aromatic heterocycles. The zero-order valence-corrected chi connectivity index (χ0v) is 11.1. The lowest BCUT2D eigenvalue weighted by Crippen LogP contribution is -2.50. The van der Waals surface area contributed by atoms with Crippen LogP contribution in [0.2, 0.25) is 0 Å². The molecule has 17 heavy (non-hydrogen) atoms. The van der Waals surface area contributed by atoms with Crippen LogP contribution in [-0.2, 0) is 4.79 Å². The summed E-state index contributed by atoms with van der Waals surface area (Å²) in [6.45, 7) is 11.2. The predicted molar refractivity (Wildman–Crippen MR) is 69.8 cm³/mol. The number of hydrogen-bond donors (Lipinski definition) is 2. The van der Waals surface area contributed by atoms with E-state index >= 15 is 0 Å². The second-order valence-electron chi connectivity index (χ2n) is 5.10. The average Bonchev–Trinajstić information content (AvgIpc) is 2.29. The van der Waals surface area contributed by atoms with Crippen LogP contribution in [0.25, 0.3) is 0 Å². The topological polar surface area (TPSA) is 61.6 Å². The molecule has 0 bridgehead atoms. The molecule has 100 valence electrons. The zero-order valence-electron chi connectivity index (χ0n) is 11.1. The van der Waals surface area contributed by atoms with Gasteiger partial charge in [-0.3, -0.25) is 14.6 Å². The van der Waals surface area contributed by atoms with Gasteiger partial charge in [0.05, 0.1) is 6.54 Å². The highest BCUT2D eigenvalue weighted by Gasteiger charge is 2.18. The third-order valence-corrected chi connectivity index (χ3v) is 2.98. The molecule has 0 spiro atoms. The van der Waals surface area contributed by atoms with Gasteiger partial charge >= 0.3 is 0 Å². The zero-order chi connectivity index (χ0) is 12.7. The van der Waals surface area contributed by atoms with E-state index in [0.717, 1.165) is 45.8 Å². The number of rotatable bonds is 6. The minimum atomic E-state index is 0.144. The summed E-state index contributed by atoms with van der Waals surface area (Å²) in [5, 5.41) is 2.95. The molecule has 1 rings (SSSR count). The van der Waals surface area contributed by atoms with Crippen LogP contribution in [0.5, 0.6) is 0 Å². The van der Waals surface area contributed by atoms with Gasteiger partial charge in [-0.1, -0.05) is 13.8 Å². The minimum Gasteiger partial charge on any atom is -0.355 e. The standard InChI is InChI=1S/C12H26N4O/c1-11(2)9-14-12(17)10-16-7-5-15(4-3-13)6-8-16/h11H,3-10,13H2,1-2H3,(H,14,17). The van der Waals surface area contributed by atoms with Crippen molar-refractivity contribution in [3.63, 3.8) is 0 Å². The van der Waals surface area contributed by atoms with Gasteiger partial charge in [-0.15, -0.1) is 0 Å². The molecule has 0 radical (unpaired) electrons. The maximum Gasteiger partial charge on any atom is 0.234 e. The first-order chi connectivity index (χ1) is 8.11. The van der Waals surface area contributed by atoms with E-state index in [4.69, 9.17) is 5.73 Å². The van der Waals surface area contributed by atoms with Crippen molar-refractivity contribution in [3.8, 4) is 0 Å². The summed E-state index contributed by atoms with van der Waals surface area (Å²) in [6.07, 6.45) is 0. The smallest absolute Gasteiger partial charge is 0.234 e. The Labute approximate surface area is 104 Å². The minimum absolute atomic E-state index is 0.144. The Morgan fingerprint density at radius 2 is 1.82 bits per heavy atom. The van der Waals surface area contributed by atoms with E-state index in [9.17, 15) is 4.79 Å². The second-order valence-corrected chi connectivity index (χ2v) is 5.10. The molecule has 5 heteroatoms. The van der Waals surface area contributed by atoms with Crippen molar-refractivity contribution in [1.29, 1.82) is 0 Å². The van der Waals surface area contributed by atoms with Crippen molar-refractivity contribution < 1.29 is 4.79 Å². The first-order valence-corrected chi connectivity index (χ1v) is 6.53. The fourth-order valence-corrected chi connectivity index (χ4v) is 1.93. The summed E-state index contributed by atoms with van der Waals surface area (Å²) < 4.78 is 0. The molecule has 0 aromatic carbocycles. The third-order valence-electron chi connectivity index (χ3n) is 2.98. The highest BCUT2D eigenvalue weighted by atomic mass is 16.2. The van der Waals surface area contributed by atoms with E-state index in [0.29, 0.717) is 12.5 Å². The van der Waals surface area contributed by atoms with E-state index in [1.165, 1.54) is 0 Å². The molecule has 0 atom stereocenters. The summed E-state index contributed by atoms with van der Waals surface area (Å²) >= 11 is 0. The largest absolute Gasteiger partial charge is 0.355 e. The number of nitrogens with two attached hydrogens (primary N) is 1. The van der Waals surface area contributed by atoms with Gasteiger partial charge in [0.1, 0.15) is 0 Å². The molecule has 1 aliphatic heterocycles. The summed E-state index contributed by atoms with van der Waals surface area (Å²) in [5.74, 6) is 0.659. The lowest BCUT2D eigenvalue weighted by Gasteiger charge is -2.34. The molecule has 0 aliphatic carbocycles. The number of amides is 1. The molecule has 1 heterocycles. The Bertz CT molecular complexity index is 225. The van der Waals surface area contributed by atoms with Gasteiger partial charge in [0.15, 0.2) is 0 Å². The summed E-state index contributed by atoms with van der Waals surface area (Å²) in [7, 11) is 0. The van der Waals surface area contributed by atoms with E-state index in [1.54, 1.807) is 0 Å². The first-order valence-electron chi connectivity index (χ1n) is 6.53. The molecular formula is C12H26N4O. The third kappa shape index (κ3) is 6.00. The lowest BCUT2D eigenvalue weighted by atomic mass is 10.2. The van der Waals surface area contributed by atoms with Crippen LogP contribution in [0.4, 0.5) is 0 Å². The number of carbonyl (C=O) groups is 1. The number of nitrogens with one attached hydrogen (secondary N) is 1. The highest BCUT2D eigenvalue weighted by Crippen LogP contribution is 2.00. The lowest BCUT2D eigenvalue weighted by molar-refractivity contribution is -0.122. The van der Waals surface area contributed by atoms with Crippen molar-refractivity contribution >= 4 is 5.91 Å². The van der Waals surface area contributed by atoms with E-state index < -0.39 is 0 Å². The molecule has 5 nitrogen and oxygen atoms in total. The Kier molecular flexibility index (Phi) is 6.47. The number of piperazine rings is 1. The Morgan fingerprint density at radius 3 is 2.35 bits per heavy atom. The van der Waals surface area contributed by atoms with Crippen molar-refractivity contribution in [1.82, 2.24) is 15.1 Å². The molecule has 3 N–H and O–H groups in total. The molecule has 1 aliphatic rings. The van der Waals surface area contributed by atoms with Crippen molar-refractivity contribution in [2.45, 2.75) is 13.8 Å². The quantitative estimate of drug-likeness (QED) is 0.649. The summed E-state index contributed by atoms with van der Waals surface area (Å²) in [4.78, 5) is 16.2. The molecule has 0 saturated carbocycles. The maximum atomic E-state index is 11.6. The summed E-state index contributed by atoms with van der Waals surface area (Å²) in [5.41, 5.74) is 5.52. The molecule has 0 aromatic rings. The van der Waals surface area contributed by atoms with Crippen LogP contribution in [0.1, 0.15) is 13.8 Å². The maximum absolute atomic E-state index is 11.6. The van der Waals surface area contributed by atoms with E-state index in [1.807, 2.05) is 0 Å². The van der Waals surface area contributed by atoms with Crippen LogP contribution in [0, 0.1) is 5.92 Å². The van der Waals surface area contributed by atoms with Gasteiger partial charge in [-0.25, -0.2) is 0 Å². The van der Waals surface area contributed by atoms with E-state index in [-0.39, 0.29) is 5.91 Å². The molecule has 0 unspecified atom stereocenters. The fourth-order valence-electron chi connectivity index (χ4n) is 1.93. The number of hydrogen-bond acceptors (Lipinski definition) is 4. The predicted octanol–water partition coefficient (Wildman–Crippen LogP) is -0.665. The monoisotopic (exact) mass is 242 g/mol. The van der Waals surface area contributed by atoms with Crippen molar-refractivity contribution in [2.75, 3.05) is 52.4 Å². The Balaban J connectivity index is 2.14. The molecule has 1 fully saturated rings. The van der Waals surface area contributed by atoms with Crippen LogP contribution in [0.15, 0.2) is 0 Å². The molecule has 1 amide bonds. The van der Waals surface area contributed by atoms with Gasteiger partial charge in [-0.2, -0.15) is 0 Å². The Morgan fingerprint density at radius 1 is 1.24 bits per heavy atom. The molecule has 1 saturated heterocycles. The van der Waals surface area contributed by atoms with Gasteiger partial charge in [-0.05, 0) is 5.92 Å².